The highest BCUT2D eigenvalue weighted by Gasteiger charge is 2.16. The molecule has 2 heterocycles. The van der Waals surface area contributed by atoms with E-state index in [9.17, 15) is 4.79 Å². The monoisotopic (exact) mass is 375 g/mol. The highest BCUT2D eigenvalue weighted by atomic mass is 32.2. The molecule has 134 valence electrons. The minimum Gasteiger partial charge on any atom is -0.318 e. The minimum absolute atomic E-state index is 0.0933. The molecule has 27 heavy (non-hydrogen) atoms. The number of fused-ring (bicyclic) bond motifs is 1. The summed E-state index contributed by atoms with van der Waals surface area (Å²) in [6.45, 7) is 3.79. The SMILES string of the molecule is Cc1cc(C)n2nc(C(=O)Nc3ccccc3Sc3ccccc3)nc2n1. The predicted molar refractivity (Wildman–Crippen MR) is 105 cm³/mol. The average Bonchev–Trinajstić information content (AvgIpc) is 3.09. The number of benzene rings is 2. The molecule has 7 heteroatoms. The van der Waals surface area contributed by atoms with Crippen molar-refractivity contribution in [2.45, 2.75) is 23.6 Å². The van der Waals surface area contributed by atoms with Gasteiger partial charge in [-0.15, -0.1) is 5.10 Å². The zero-order chi connectivity index (χ0) is 18.8. The molecule has 0 saturated heterocycles. The van der Waals surface area contributed by atoms with Gasteiger partial charge in [-0.2, -0.15) is 4.98 Å². The number of nitrogens with zero attached hydrogens (tertiary/aromatic N) is 4. The third-order valence-electron chi connectivity index (χ3n) is 3.93. The molecule has 4 rings (SSSR count). The lowest BCUT2D eigenvalue weighted by molar-refractivity contribution is 0.101. The van der Waals surface area contributed by atoms with Gasteiger partial charge >= 0.3 is 0 Å². The molecule has 2 aromatic heterocycles. The number of rotatable bonds is 4. The Morgan fingerprint density at radius 2 is 1.74 bits per heavy atom. The summed E-state index contributed by atoms with van der Waals surface area (Å²) in [7, 11) is 0. The van der Waals surface area contributed by atoms with Crippen LogP contribution in [0.3, 0.4) is 0 Å². The van der Waals surface area contributed by atoms with Crippen molar-refractivity contribution in [3.63, 3.8) is 0 Å². The number of hydrogen-bond donors (Lipinski definition) is 1. The van der Waals surface area contributed by atoms with Gasteiger partial charge in [0, 0.05) is 21.2 Å². The second-order valence-electron chi connectivity index (χ2n) is 6.05. The standard InChI is InChI=1S/C20H17N5OS/c1-13-12-14(2)25-20(21-13)23-18(24-25)19(26)22-16-10-6-7-11-17(16)27-15-8-4-3-5-9-15/h3-12H,1-2H3,(H,22,26). The van der Waals surface area contributed by atoms with E-state index in [1.807, 2.05) is 74.5 Å². The van der Waals surface area contributed by atoms with Gasteiger partial charge in [0.25, 0.3) is 11.7 Å². The maximum atomic E-state index is 12.7. The Morgan fingerprint density at radius 1 is 1.00 bits per heavy atom. The summed E-state index contributed by atoms with van der Waals surface area (Å²) in [6.07, 6.45) is 0. The Bertz CT molecular complexity index is 1120. The van der Waals surface area contributed by atoms with Crippen molar-refractivity contribution in [2.24, 2.45) is 0 Å². The summed E-state index contributed by atoms with van der Waals surface area (Å²) < 4.78 is 1.58. The van der Waals surface area contributed by atoms with Crippen LogP contribution in [0.5, 0.6) is 0 Å². The smallest absolute Gasteiger partial charge is 0.295 e. The summed E-state index contributed by atoms with van der Waals surface area (Å²) in [6, 6.07) is 19.6. The molecule has 1 amide bonds. The Kier molecular flexibility index (Phi) is 4.60. The van der Waals surface area contributed by atoms with E-state index in [1.165, 1.54) is 0 Å². The molecule has 6 nitrogen and oxygen atoms in total. The van der Waals surface area contributed by atoms with Gasteiger partial charge in [-0.3, -0.25) is 4.79 Å². The first-order chi connectivity index (χ1) is 13.1. The molecular formula is C20H17N5OS. The van der Waals surface area contributed by atoms with Crippen molar-refractivity contribution in [1.29, 1.82) is 0 Å². The molecule has 0 spiro atoms. The Balaban J connectivity index is 1.61. The first-order valence-corrected chi connectivity index (χ1v) is 9.26. The molecule has 4 aromatic rings. The molecule has 0 radical (unpaired) electrons. The van der Waals surface area contributed by atoms with Crippen LogP contribution in [0.15, 0.2) is 70.5 Å². The third-order valence-corrected chi connectivity index (χ3v) is 5.01. The Hall–Kier alpha value is -3.19. The van der Waals surface area contributed by atoms with E-state index in [4.69, 9.17) is 0 Å². The van der Waals surface area contributed by atoms with Gasteiger partial charge in [-0.05, 0) is 44.2 Å². The number of carbonyl (C=O) groups is 1. The number of para-hydroxylation sites is 1. The maximum Gasteiger partial charge on any atom is 0.295 e. The molecule has 0 saturated carbocycles. The Labute approximate surface area is 160 Å². The molecule has 0 aliphatic heterocycles. The lowest BCUT2D eigenvalue weighted by Crippen LogP contribution is -2.14. The van der Waals surface area contributed by atoms with Crippen LogP contribution < -0.4 is 5.32 Å². The quantitative estimate of drug-likeness (QED) is 0.580. The van der Waals surface area contributed by atoms with Gasteiger partial charge < -0.3 is 5.32 Å². The van der Waals surface area contributed by atoms with E-state index in [-0.39, 0.29) is 11.7 Å². The van der Waals surface area contributed by atoms with Gasteiger partial charge in [0.15, 0.2) is 0 Å². The second kappa shape index (κ2) is 7.20. The normalized spacial score (nSPS) is 10.9. The lowest BCUT2D eigenvalue weighted by Gasteiger charge is -2.09. The number of carbonyl (C=O) groups excluding carboxylic acids is 1. The minimum atomic E-state index is -0.362. The van der Waals surface area contributed by atoms with E-state index >= 15 is 0 Å². The van der Waals surface area contributed by atoms with Crippen molar-refractivity contribution in [2.75, 3.05) is 5.32 Å². The third kappa shape index (κ3) is 3.68. The summed E-state index contributed by atoms with van der Waals surface area (Å²) in [5.74, 6) is 0.152. The summed E-state index contributed by atoms with van der Waals surface area (Å²) in [5, 5.41) is 7.20. The van der Waals surface area contributed by atoms with Crippen LogP contribution in [0.1, 0.15) is 22.0 Å². The number of anilines is 1. The van der Waals surface area contributed by atoms with Crippen molar-refractivity contribution < 1.29 is 4.79 Å². The molecular weight excluding hydrogens is 358 g/mol. The van der Waals surface area contributed by atoms with E-state index in [0.717, 1.165) is 26.9 Å². The van der Waals surface area contributed by atoms with Gasteiger partial charge in [0.1, 0.15) is 0 Å². The fourth-order valence-electron chi connectivity index (χ4n) is 2.72. The van der Waals surface area contributed by atoms with Gasteiger partial charge in [-0.25, -0.2) is 9.50 Å². The summed E-state index contributed by atoms with van der Waals surface area (Å²) >= 11 is 1.59. The zero-order valence-electron chi connectivity index (χ0n) is 14.9. The van der Waals surface area contributed by atoms with Crippen LogP contribution in [0, 0.1) is 13.8 Å². The van der Waals surface area contributed by atoms with Crippen LogP contribution in [0.4, 0.5) is 5.69 Å². The van der Waals surface area contributed by atoms with E-state index in [1.54, 1.807) is 16.3 Å². The van der Waals surface area contributed by atoms with Crippen molar-refractivity contribution in [3.05, 3.63) is 77.9 Å². The van der Waals surface area contributed by atoms with E-state index in [2.05, 4.69) is 20.4 Å². The van der Waals surface area contributed by atoms with E-state index in [0.29, 0.717) is 5.78 Å². The highest BCUT2D eigenvalue weighted by Crippen LogP contribution is 2.33. The summed E-state index contributed by atoms with van der Waals surface area (Å²) in [5.41, 5.74) is 2.43. The first-order valence-electron chi connectivity index (χ1n) is 8.44. The number of nitrogens with one attached hydrogen (secondary N) is 1. The molecule has 1 N–H and O–H groups in total. The summed E-state index contributed by atoms with van der Waals surface area (Å²) in [4.78, 5) is 23.3. The maximum absolute atomic E-state index is 12.7. The molecule has 0 aliphatic rings. The second-order valence-corrected chi connectivity index (χ2v) is 7.17. The highest BCUT2D eigenvalue weighted by molar-refractivity contribution is 7.99. The van der Waals surface area contributed by atoms with Crippen LogP contribution in [0.2, 0.25) is 0 Å². The number of hydrogen-bond acceptors (Lipinski definition) is 5. The van der Waals surface area contributed by atoms with Crippen LogP contribution in [-0.4, -0.2) is 25.5 Å². The van der Waals surface area contributed by atoms with Crippen molar-refractivity contribution >= 4 is 29.1 Å². The van der Waals surface area contributed by atoms with Gasteiger partial charge in [-0.1, -0.05) is 42.1 Å². The molecule has 2 aromatic carbocycles. The van der Waals surface area contributed by atoms with Crippen LogP contribution in [-0.2, 0) is 0 Å². The van der Waals surface area contributed by atoms with Gasteiger partial charge in [0.2, 0.25) is 5.82 Å². The van der Waals surface area contributed by atoms with Crippen molar-refractivity contribution in [1.82, 2.24) is 19.6 Å². The average molecular weight is 375 g/mol. The fraction of sp³-hybridized carbons (Fsp3) is 0.100. The van der Waals surface area contributed by atoms with Crippen LogP contribution in [0.25, 0.3) is 5.78 Å². The molecule has 0 unspecified atom stereocenters. The topological polar surface area (TPSA) is 72.2 Å². The number of aromatic nitrogens is 4. The number of amides is 1. The number of aryl methyl sites for hydroxylation is 2. The molecule has 0 atom stereocenters. The molecule has 0 bridgehead atoms. The fourth-order valence-corrected chi connectivity index (χ4v) is 3.64. The van der Waals surface area contributed by atoms with Crippen molar-refractivity contribution in [3.8, 4) is 0 Å². The lowest BCUT2D eigenvalue weighted by atomic mass is 10.3. The van der Waals surface area contributed by atoms with E-state index < -0.39 is 0 Å². The van der Waals surface area contributed by atoms with Gasteiger partial charge in [0.05, 0.1) is 5.69 Å². The van der Waals surface area contributed by atoms with Crippen LogP contribution >= 0.6 is 11.8 Å². The molecule has 0 fully saturated rings. The first kappa shape index (κ1) is 17.2. The predicted octanol–water partition coefficient (Wildman–Crippen LogP) is 4.14. The largest absolute Gasteiger partial charge is 0.318 e. The molecule has 0 aliphatic carbocycles. The zero-order valence-corrected chi connectivity index (χ0v) is 15.7. The Morgan fingerprint density at radius 3 is 2.56 bits per heavy atom.